The van der Waals surface area contributed by atoms with Crippen LogP contribution in [0.1, 0.15) is 30.9 Å². The summed E-state index contributed by atoms with van der Waals surface area (Å²) in [5, 5.41) is 21.5. The van der Waals surface area contributed by atoms with Crippen LogP contribution in [0.15, 0.2) is 59.7 Å². The molecule has 0 heterocycles. The summed E-state index contributed by atoms with van der Waals surface area (Å²) >= 11 is 0. The van der Waals surface area contributed by atoms with Crippen molar-refractivity contribution < 1.29 is 14.6 Å². The van der Waals surface area contributed by atoms with Gasteiger partial charge in [0, 0.05) is 35.4 Å². The van der Waals surface area contributed by atoms with Crippen molar-refractivity contribution in [3.8, 4) is 0 Å². The van der Waals surface area contributed by atoms with Crippen molar-refractivity contribution >= 4 is 29.3 Å². The molecule has 7 nitrogen and oxygen atoms in total. The standard InChI is InChI=1S/C21H18N2O5/c1-14-10-17(12-15-2-6-19(7-3-15)22(25)26)21(24)18(11-14)13-16-4-8-20(9-5-16)23(27)28/h2-9,12-14H,10-11H2,1H3/b17-12+,18-13+. The number of ketones is 1. The van der Waals surface area contributed by atoms with Crippen LogP contribution in [0.25, 0.3) is 12.2 Å². The molecule has 0 aliphatic heterocycles. The van der Waals surface area contributed by atoms with Crippen molar-refractivity contribution in [2.24, 2.45) is 5.92 Å². The van der Waals surface area contributed by atoms with Crippen LogP contribution in [0, 0.1) is 26.1 Å². The Kier molecular flexibility index (Phi) is 5.44. The average molecular weight is 378 g/mol. The minimum atomic E-state index is -0.462. The summed E-state index contributed by atoms with van der Waals surface area (Å²) in [5.41, 5.74) is 2.78. The van der Waals surface area contributed by atoms with E-state index < -0.39 is 9.85 Å². The van der Waals surface area contributed by atoms with E-state index in [0.717, 1.165) is 11.1 Å². The van der Waals surface area contributed by atoms with Crippen molar-refractivity contribution in [1.82, 2.24) is 0 Å². The van der Waals surface area contributed by atoms with Gasteiger partial charge in [0.25, 0.3) is 11.4 Å². The van der Waals surface area contributed by atoms with Crippen LogP contribution in [0.5, 0.6) is 0 Å². The van der Waals surface area contributed by atoms with E-state index in [1.165, 1.54) is 24.3 Å². The normalized spacial score (nSPS) is 19.8. The zero-order valence-electron chi connectivity index (χ0n) is 15.2. The first-order chi connectivity index (χ1) is 13.3. The highest BCUT2D eigenvalue weighted by Gasteiger charge is 2.25. The highest BCUT2D eigenvalue weighted by molar-refractivity contribution is 6.14. The van der Waals surface area contributed by atoms with Crippen molar-refractivity contribution in [2.75, 3.05) is 0 Å². The van der Waals surface area contributed by atoms with Gasteiger partial charge in [-0.2, -0.15) is 0 Å². The number of carbonyl (C=O) groups is 1. The van der Waals surface area contributed by atoms with Crippen molar-refractivity contribution in [1.29, 1.82) is 0 Å². The monoisotopic (exact) mass is 378 g/mol. The van der Waals surface area contributed by atoms with E-state index in [9.17, 15) is 25.0 Å². The molecule has 28 heavy (non-hydrogen) atoms. The maximum atomic E-state index is 12.9. The van der Waals surface area contributed by atoms with Crippen LogP contribution >= 0.6 is 0 Å². The number of Topliss-reactive ketones (excluding diaryl/α,β-unsaturated/α-hetero) is 1. The van der Waals surface area contributed by atoms with Crippen molar-refractivity contribution in [3.63, 3.8) is 0 Å². The van der Waals surface area contributed by atoms with Gasteiger partial charge in [-0.3, -0.25) is 25.0 Å². The number of allylic oxidation sites excluding steroid dienone is 2. The minimum Gasteiger partial charge on any atom is -0.289 e. The highest BCUT2D eigenvalue weighted by atomic mass is 16.6. The average Bonchev–Trinajstić information content (AvgIpc) is 2.66. The molecule has 3 rings (SSSR count). The second-order valence-electron chi connectivity index (χ2n) is 6.88. The van der Waals surface area contributed by atoms with E-state index in [-0.39, 0.29) is 23.1 Å². The molecule has 0 amide bonds. The molecule has 2 aromatic rings. The predicted molar refractivity (Wildman–Crippen MR) is 106 cm³/mol. The molecule has 1 aliphatic rings. The third-order valence-corrected chi connectivity index (χ3v) is 4.61. The van der Waals surface area contributed by atoms with E-state index in [4.69, 9.17) is 0 Å². The Morgan fingerprint density at radius 2 is 1.14 bits per heavy atom. The number of nitro groups is 2. The largest absolute Gasteiger partial charge is 0.289 e. The molecule has 142 valence electrons. The number of non-ortho nitro benzene ring substituents is 2. The molecule has 1 aliphatic carbocycles. The van der Waals surface area contributed by atoms with Crippen LogP contribution in [-0.2, 0) is 4.79 Å². The van der Waals surface area contributed by atoms with Crippen LogP contribution in [0.2, 0.25) is 0 Å². The first kappa shape index (κ1) is 19.2. The maximum Gasteiger partial charge on any atom is 0.269 e. The zero-order chi connectivity index (χ0) is 20.3. The molecule has 0 spiro atoms. The molecule has 2 aromatic carbocycles. The Morgan fingerprint density at radius 3 is 1.46 bits per heavy atom. The molecular formula is C21H18N2O5. The molecular weight excluding hydrogens is 360 g/mol. The topological polar surface area (TPSA) is 103 Å². The lowest BCUT2D eigenvalue weighted by Gasteiger charge is -2.22. The molecule has 7 heteroatoms. The summed E-state index contributed by atoms with van der Waals surface area (Å²) < 4.78 is 0. The Bertz CT molecular complexity index is 909. The van der Waals surface area contributed by atoms with Crippen molar-refractivity contribution in [2.45, 2.75) is 19.8 Å². The van der Waals surface area contributed by atoms with Crippen LogP contribution in [0.4, 0.5) is 11.4 Å². The molecule has 0 radical (unpaired) electrons. The lowest BCUT2D eigenvalue weighted by molar-refractivity contribution is -0.385. The number of carbonyl (C=O) groups excluding carboxylic acids is 1. The summed E-state index contributed by atoms with van der Waals surface area (Å²) in [5.74, 6) is 0.209. The molecule has 1 fully saturated rings. The fraction of sp³-hybridized carbons (Fsp3) is 0.190. The second-order valence-corrected chi connectivity index (χ2v) is 6.88. The van der Waals surface area contributed by atoms with Crippen LogP contribution in [0.3, 0.4) is 0 Å². The van der Waals surface area contributed by atoms with Crippen LogP contribution < -0.4 is 0 Å². The predicted octanol–water partition coefficient (Wildman–Crippen LogP) is 4.97. The van der Waals surface area contributed by atoms with Crippen molar-refractivity contribution in [3.05, 3.63) is 91.0 Å². The van der Waals surface area contributed by atoms with E-state index in [1.807, 2.05) is 0 Å². The Morgan fingerprint density at radius 1 is 0.786 bits per heavy atom. The molecule has 0 saturated heterocycles. The van der Waals surface area contributed by atoms with Gasteiger partial charge in [0.1, 0.15) is 0 Å². The number of benzene rings is 2. The van der Waals surface area contributed by atoms with Gasteiger partial charge in [-0.25, -0.2) is 0 Å². The smallest absolute Gasteiger partial charge is 0.269 e. The third kappa shape index (κ3) is 4.37. The number of nitro benzene ring substituents is 2. The quantitative estimate of drug-likeness (QED) is 0.424. The Hall–Kier alpha value is -3.61. The molecule has 0 aromatic heterocycles. The Balaban J connectivity index is 1.87. The molecule has 0 bridgehead atoms. The lowest BCUT2D eigenvalue weighted by atomic mass is 9.81. The highest BCUT2D eigenvalue weighted by Crippen LogP contribution is 2.32. The van der Waals surface area contributed by atoms with Gasteiger partial charge in [-0.05, 0) is 66.3 Å². The van der Waals surface area contributed by atoms with Gasteiger partial charge in [-0.1, -0.05) is 6.92 Å². The summed E-state index contributed by atoms with van der Waals surface area (Å²) in [6.45, 7) is 2.06. The van der Waals surface area contributed by atoms with Gasteiger partial charge < -0.3 is 0 Å². The first-order valence-electron chi connectivity index (χ1n) is 8.78. The number of hydrogen-bond donors (Lipinski definition) is 0. The van der Waals surface area contributed by atoms with E-state index in [2.05, 4.69) is 6.92 Å². The summed E-state index contributed by atoms with van der Waals surface area (Å²) in [4.78, 5) is 33.5. The van der Waals surface area contributed by atoms with Gasteiger partial charge in [0.15, 0.2) is 5.78 Å². The summed E-state index contributed by atoms with van der Waals surface area (Å²) in [6, 6.07) is 12.1. The molecule has 0 unspecified atom stereocenters. The number of rotatable bonds is 4. The maximum absolute atomic E-state index is 12.9. The third-order valence-electron chi connectivity index (χ3n) is 4.61. The fourth-order valence-corrected chi connectivity index (χ4v) is 3.25. The first-order valence-corrected chi connectivity index (χ1v) is 8.78. The van der Waals surface area contributed by atoms with Gasteiger partial charge in [0.2, 0.25) is 0 Å². The van der Waals surface area contributed by atoms with E-state index in [0.29, 0.717) is 24.0 Å². The summed E-state index contributed by atoms with van der Waals surface area (Å²) in [6.07, 6.45) is 4.80. The summed E-state index contributed by atoms with van der Waals surface area (Å²) in [7, 11) is 0. The SMILES string of the molecule is CC1C/C(=C\c2ccc([N+](=O)[O-])cc2)C(=O)/C(=C/c2ccc([N+](=O)[O-])cc2)C1. The number of nitrogens with zero attached hydrogens (tertiary/aromatic N) is 2. The van der Waals surface area contributed by atoms with Gasteiger partial charge in [-0.15, -0.1) is 0 Å². The molecule has 1 saturated carbocycles. The second kappa shape index (κ2) is 7.96. The van der Waals surface area contributed by atoms with Gasteiger partial charge >= 0.3 is 0 Å². The minimum absolute atomic E-state index is 0.00393. The van der Waals surface area contributed by atoms with Gasteiger partial charge in [0.05, 0.1) is 9.85 Å². The fourth-order valence-electron chi connectivity index (χ4n) is 3.25. The molecule has 0 atom stereocenters. The Labute approximate surface area is 161 Å². The zero-order valence-corrected chi connectivity index (χ0v) is 15.2. The molecule has 0 N–H and O–H groups in total. The number of hydrogen-bond acceptors (Lipinski definition) is 5. The lowest BCUT2D eigenvalue weighted by Crippen LogP contribution is -2.18. The van der Waals surface area contributed by atoms with E-state index in [1.54, 1.807) is 36.4 Å². The van der Waals surface area contributed by atoms with E-state index >= 15 is 0 Å². The van der Waals surface area contributed by atoms with Crippen LogP contribution in [-0.4, -0.2) is 15.6 Å².